The molecule has 31 heavy (non-hydrogen) atoms. The van der Waals surface area contributed by atoms with Gasteiger partial charge in [0.1, 0.15) is 17.3 Å². The van der Waals surface area contributed by atoms with E-state index in [0.29, 0.717) is 29.3 Å². The smallest absolute Gasteiger partial charge is 0.164 e. The first-order chi connectivity index (χ1) is 15.1. The summed E-state index contributed by atoms with van der Waals surface area (Å²) in [5, 5.41) is 7.32. The van der Waals surface area contributed by atoms with Crippen LogP contribution in [0.25, 0.3) is 33.4 Å². The number of nitrogens with zero attached hydrogens (tertiary/aromatic N) is 3. The average Bonchev–Trinajstić information content (AvgIpc) is 2.81. The molecule has 0 radical (unpaired) electrons. The van der Waals surface area contributed by atoms with Gasteiger partial charge in [0.15, 0.2) is 5.82 Å². The third-order valence-electron chi connectivity index (χ3n) is 5.15. The number of hydrogen-bond acceptors (Lipinski definition) is 6. The van der Waals surface area contributed by atoms with Crippen LogP contribution in [0.1, 0.15) is 13.3 Å². The summed E-state index contributed by atoms with van der Waals surface area (Å²) < 4.78 is 13.7. The monoisotopic (exact) mass is 415 g/mol. The Kier molecular flexibility index (Phi) is 5.95. The molecule has 0 unspecified atom stereocenters. The topological polar surface area (TPSA) is 93.3 Å². The zero-order chi connectivity index (χ0) is 21.8. The second kappa shape index (κ2) is 8.97. The Morgan fingerprint density at radius 2 is 1.84 bits per heavy atom. The first-order valence-electron chi connectivity index (χ1n) is 10.1. The van der Waals surface area contributed by atoms with E-state index < -0.39 is 0 Å². The molecule has 1 aromatic heterocycles. The van der Waals surface area contributed by atoms with Gasteiger partial charge < -0.3 is 11.1 Å². The number of nitrogens with two attached hydrogens (primary N) is 1. The van der Waals surface area contributed by atoms with Crippen molar-refractivity contribution >= 4 is 22.4 Å². The van der Waals surface area contributed by atoms with E-state index in [9.17, 15) is 9.30 Å². The Bertz CT molecular complexity index is 1240. The van der Waals surface area contributed by atoms with E-state index in [1.165, 1.54) is 12.1 Å². The highest BCUT2D eigenvalue weighted by molar-refractivity contribution is 5.91. The molecule has 0 saturated carbocycles. The Hall–Kier alpha value is -3.71. The van der Waals surface area contributed by atoms with Crippen molar-refractivity contribution in [1.82, 2.24) is 9.97 Å². The quantitative estimate of drug-likeness (QED) is 0.381. The summed E-state index contributed by atoms with van der Waals surface area (Å²) >= 11 is 0. The highest BCUT2D eigenvalue weighted by Crippen LogP contribution is 2.35. The fourth-order valence-electron chi connectivity index (χ4n) is 3.35. The van der Waals surface area contributed by atoms with Gasteiger partial charge in [0.05, 0.1) is 5.52 Å². The lowest BCUT2D eigenvalue weighted by Crippen LogP contribution is -2.28. The third-order valence-corrected chi connectivity index (χ3v) is 5.15. The summed E-state index contributed by atoms with van der Waals surface area (Å²) in [7, 11) is 0. The fourth-order valence-corrected chi connectivity index (χ4v) is 3.35. The Labute approximate surface area is 179 Å². The summed E-state index contributed by atoms with van der Waals surface area (Å²) in [5.41, 5.74) is 8.91. The van der Waals surface area contributed by atoms with Crippen LogP contribution < -0.4 is 11.1 Å². The van der Waals surface area contributed by atoms with Gasteiger partial charge >= 0.3 is 0 Å². The highest BCUT2D eigenvalue weighted by Gasteiger charge is 2.15. The number of nitrogens with one attached hydrogen (secondary N) is 1. The number of rotatable bonds is 7. The maximum atomic E-state index is 13.7. The largest absolute Gasteiger partial charge is 0.368 e. The number of nitroso groups, excluding NO2 is 1. The van der Waals surface area contributed by atoms with E-state index in [1.807, 2.05) is 31.2 Å². The summed E-state index contributed by atoms with van der Waals surface area (Å²) in [5.74, 6) is 0.661. The summed E-state index contributed by atoms with van der Waals surface area (Å²) in [6.07, 6.45) is 0.831. The van der Waals surface area contributed by atoms with Crippen LogP contribution in [0.15, 0.2) is 71.9 Å². The SMILES string of the molecule is CC[C@@H](N)CNc1nc(-c2cc(-c3cccc(F)c3)ccc2N=O)nc2ccccc12. The van der Waals surface area contributed by atoms with Gasteiger partial charge in [-0.05, 0) is 59.1 Å². The molecular weight excluding hydrogens is 393 g/mol. The predicted molar refractivity (Wildman–Crippen MR) is 123 cm³/mol. The van der Waals surface area contributed by atoms with Gasteiger partial charge in [0.2, 0.25) is 0 Å². The second-order valence-electron chi connectivity index (χ2n) is 7.30. The molecule has 0 aliphatic carbocycles. The van der Waals surface area contributed by atoms with Gasteiger partial charge in [-0.25, -0.2) is 14.4 Å². The van der Waals surface area contributed by atoms with Crippen LogP contribution in [0.3, 0.4) is 0 Å². The zero-order valence-corrected chi connectivity index (χ0v) is 17.0. The lowest BCUT2D eigenvalue weighted by molar-refractivity contribution is 0.628. The second-order valence-corrected chi connectivity index (χ2v) is 7.30. The summed E-state index contributed by atoms with van der Waals surface area (Å²) in [6.45, 7) is 2.58. The van der Waals surface area contributed by atoms with Crippen molar-refractivity contribution in [3.63, 3.8) is 0 Å². The molecule has 0 aliphatic rings. The molecule has 4 aromatic rings. The van der Waals surface area contributed by atoms with Crippen molar-refractivity contribution in [2.75, 3.05) is 11.9 Å². The Morgan fingerprint density at radius 3 is 2.61 bits per heavy atom. The molecule has 0 saturated heterocycles. The average molecular weight is 415 g/mol. The van der Waals surface area contributed by atoms with Crippen molar-refractivity contribution in [3.8, 4) is 22.5 Å². The minimum Gasteiger partial charge on any atom is -0.368 e. The number of benzene rings is 3. The van der Waals surface area contributed by atoms with E-state index in [-0.39, 0.29) is 17.5 Å². The lowest BCUT2D eigenvalue weighted by atomic mass is 10.0. The van der Waals surface area contributed by atoms with Gasteiger partial charge in [-0.15, -0.1) is 4.91 Å². The van der Waals surface area contributed by atoms with Crippen LogP contribution in [0.4, 0.5) is 15.9 Å². The normalized spacial score (nSPS) is 12.0. The number of aromatic nitrogens is 2. The Morgan fingerprint density at radius 1 is 1.03 bits per heavy atom. The first-order valence-corrected chi connectivity index (χ1v) is 10.1. The minimum absolute atomic E-state index is 0.0133. The standard InChI is InChI=1S/C24H22FN5O/c1-2-18(26)14-27-23-19-8-3-4-9-21(19)28-24(29-23)20-13-16(10-11-22(20)30-31)15-6-5-7-17(25)12-15/h3-13,18H,2,14,26H2,1H3,(H,27,28,29)/t18-/m1/s1. The molecule has 1 heterocycles. The molecule has 3 aromatic carbocycles. The van der Waals surface area contributed by atoms with Crippen molar-refractivity contribution in [3.05, 3.63) is 77.5 Å². The van der Waals surface area contributed by atoms with Crippen molar-refractivity contribution in [1.29, 1.82) is 0 Å². The third kappa shape index (κ3) is 4.41. The molecule has 3 N–H and O–H groups in total. The molecule has 0 bridgehead atoms. The lowest BCUT2D eigenvalue weighted by Gasteiger charge is -2.14. The van der Waals surface area contributed by atoms with E-state index >= 15 is 0 Å². The molecule has 0 amide bonds. The van der Waals surface area contributed by atoms with Crippen LogP contribution in [-0.2, 0) is 0 Å². The van der Waals surface area contributed by atoms with Crippen molar-refractivity contribution in [2.24, 2.45) is 10.9 Å². The number of hydrogen-bond donors (Lipinski definition) is 2. The highest BCUT2D eigenvalue weighted by atomic mass is 19.1. The molecular formula is C24H22FN5O. The van der Waals surface area contributed by atoms with Crippen LogP contribution in [-0.4, -0.2) is 22.6 Å². The van der Waals surface area contributed by atoms with Gasteiger partial charge in [-0.2, -0.15) is 0 Å². The Balaban J connectivity index is 1.85. The van der Waals surface area contributed by atoms with Gasteiger partial charge in [0, 0.05) is 23.5 Å². The van der Waals surface area contributed by atoms with Crippen molar-refractivity contribution < 1.29 is 4.39 Å². The van der Waals surface area contributed by atoms with Gasteiger partial charge in [-0.3, -0.25) is 0 Å². The summed E-state index contributed by atoms with van der Waals surface area (Å²) in [4.78, 5) is 20.9. The van der Waals surface area contributed by atoms with E-state index in [1.54, 1.807) is 30.3 Å². The fraction of sp³-hybridized carbons (Fsp3) is 0.167. The maximum Gasteiger partial charge on any atom is 0.164 e. The van der Waals surface area contributed by atoms with Gasteiger partial charge in [0.25, 0.3) is 0 Å². The predicted octanol–water partition coefficient (Wildman–Crippen LogP) is 5.65. The number of halogens is 1. The van der Waals surface area contributed by atoms with E-state index in [4.69, 9.17) is 5.73 Å². The van der Waals surface area contributed by atoms with E-state index in [0.717, 1.165) is 22.9 Å². The van der Waals surface area contributed by atoms with Crippen LogP contribution in [0.2, 0.25) is 0 Å². The van der Waals surface area contributed by atoms with Crippen LogP contribution in [0, 0.1) is 10.7 Å². The zero-order valence-electron chi connectivity index (χ0n) is 17.0. The molecule has 0 spiro atoms. The molecule has 156 valence electrons. The molecule has 0 fully saturated rings. The molecule has 4 rings (SSSR count). The number of para-hydroxylation sites is 1. The van der Waals surface area contributed by atoms with Crippen LogP contribution >= 0.6 is 0 Å². The molecule has 1 atom stereocenters. The number of fused-ring (bicyclic) bond motifs is 1. The van der Waals surface area contributed by atoms with Gasteiger partial charge in [-0.1, -0.05) is 37.3 Å². The molecule has 7 heteroatoms. The number of anilines is 1. The molecule has 6 nitrogen and oxygen atoms in total. The van der Waals surface area contributed by atoms with Crippen molar-refractivity contribution in [2.45, 2.75) is 19.4 Å². The minimum atomic E-state index is -0.336. The van der Waals surface area contributed by atoms with E-state index in [2.05, 4.69) is 20.5 Å². The molecule has 0 aliphatic heterocycles. The first kappa shape index (κ1) is 20.6. The summed E-state index contributed by atoms with van der Waals surface area (Å²) in [6, 6.07) is 19.0. The maximum absolute atomic E-state index is 13.7. The van der Waals surface area contributed by atoms with Crippen LogP contribution in [0.5, 0.6) is 0 Å².